The van der Waals surface area contributed by atoms with Crippen molar-refractivity contribution in [2.75, 3.05) is 22.5 Å². The minimum absolute atomic E-state index is 0.148. The van der Waals surface area contributed by atoms with E-state index in [2.05, 4.69) is 10.3 Å². The fourth-order valence-electron chi connectivity index (χ4n) is 2.80. The van der Waals surface area contributed by atoms with Crippen LogP contribution in [0.25, 0.3) is 0 Å². The predicted molar refractivity (Wildman–Crippen MR) is 102 cm³/mol. The SMILES string of the molecule is Cc1ccc([N+](=O)[O-])cc1NC(=O)CN1C(=O)C(C)(C)Oc2ccc(N)nc21. The summed E-state index contributed by atoms with van der Waals surface area (Å²) in [5.41, 5.74) is 5.31. The maximum atomic E-state index is 12.8. The second kappa shape index (κ2) is 6.80. The number of aromatic nitrogens is 1. The van der Waals surface area contributed by atoms with Crippen LogP contribution in [0.2, 0.25) is 0 Å². The number of rotatable bonds is 4. The van der Waals surface area contributed by atoms with Crippen LogP contribution >= 0.6 is 0 Å². The molecule has 2 amide bonds. The first-order valence-electron chi connectivity index (χ1n) is 8.41. The molecule has 3 N–H and O–H groups in total. The number of aryl methyl sites for hydroxylation is 1. The van der Waals surface area contributed by atoms with Crippen molar-refractivity contribution in [1.82, 2.24) is 4.98 Å². The lowest BCUT2D eigenvalue weighted by atomic mass is 10.1. The molecule has 0 saturated carbocycles. The van der Waals surface area contributed by atoms with Gasteiger partial charge in [0.1, 0.15) is 12.4 Å². The van der Waals surface area contributed by atoms with Gasteiger partial charge in [-0.3, -0.25) is 24.6 Å². The molecular weight excluding hydrogens is 366 g/mol. The highest BCUT2D eigenvalue weighted by atomic mass is 16.6. The number of hydrogen-bond acceptors (Lipinski definition) is 7. The molecule has 0 radical (unpaired) electrons. The highest BCUT2D eigenvalue weighted by Crippen LogP contribution is 2.36. The zero-order valence-electron chi connectivity index (χ0n) is 15.6. The molecule has 0 aliphatic carbocycles. The standard InChI is InChI=1S/C18H19N5O5/c1-10-4-5-11(23(26)27)8-12(10)20-15(24)9-22-16-13(6-7-14(19)21-16)28-18(2,3)17(22)25/h4-8H,9H2,1-3H3,(H2,19,21)(H,20,24). The number of ether oxygens (including phenoxy) is 1. The van der Waals surface area contributed by atoms with Crippen molar-refractivity contribution in [1.29, 1.82) is 0 Å². The lowest BCUT2D eigenvalue weighted by Crippen LogP contribution is -2.54. The maximum absolute atomic E-state index is 12.8. The van der Waals surface area contributed by atoms with Crippen LogP contribution < -0.4 is 20.7 Å². The smallest absolute Gasteiger partial charge is 0.272 e. The van der Waals surface area contributed by atoms with Crippen LogP contribution in [0.5, 0.6) is 5.75 Å². The molecule has 2 aromatic rings. The Kier molecular flexibility index (Phi) is 4.63. The minimum atomic E-state index is -1.19. The Labute approximate surface area is 160 Å². The van der Waals surface area contributed by atoms with Gasteiger partial charge in [0.25, 0.3) is 11.6 Å². The molecular formula is C18H19N5O5. The number of nitro benzene ring substituents is 1. The molecule has 28 heavy (non-hydrogen) atoms. The first kappa shape index (κ1) is 19.1. The van der Waals surface area contributed by atoms with E-state index in [0.29, 0.717) is 17.0 Å². The molecule has 1 aromatic heterocycles. The van der Waals surface area contributed by atoms with E-state index in [0.717, 1.165) is 0 Å². The Balaban J connectivity index is 1.88. The first-order valence-corrected chi connectivity index (χ1v) is 8.41. The lowest BCUT2D eigenvalue weighted by molar-refractivity contribution is -0.384. The number of nitrogens with one attached hydrogen (secondary N) is 1. The number of anilines is 3. The molecule has 0 spiro atoms. The van der Waals surface area contributed by atoms with Gasteiger partial charge in [-0.15, -0.1) is 0 Å². The number of amides is 2. The number of nitrogens with zero attached hydrogens (tertiary/aromatic N) is 3. The van der Waals surface area contributed by atoms with Crippen molar-refractivity contribution in [3.05, 3.63) is 46.0 Å². The van der Waals surface area contributed by atoms with Crippen molar-refractivity contribution >= 4 is 34.8 Å². The summed E-state index contributed by atoms with van der Waals surface area (Å²) in [6.45, 7) is 4.53. The lowest BCUT2D eigenvalue weighted by Gasteiger charge is -2.37. The van der Waals surface area contributed by atoms with Gasteiger partial charge in [-0.25, -0.2) is 4.98 Å². The number of nitrogen functional groups attached to an aromatic ring is 1. The van der Waals surface area contributed by atoms with E-state index in [9.17, 15) is 19.7 Å². The van der Waals surface area contributed by atoms with E-state index in [1.54, 1.807) is 26.8 Å². The molecule has 3 rings (SSSR count). The van der Waals surface area contributed by atoms with Crippen LogP contribution in [0.15, 0.2) is 30.3 Å². The number of pyridine rings is 1. The Hall–Kier alpha value is -3.69. The number of non-ortho nitro benzene ring substituents is 1. The van der Waals surface area contributed by atoms with Crippen LogP contribution in [0.4, 0.5) is 23.0 Å². The zero-order valence-corrected chi connectivity index (χ0v) is 15.6. The molecule has 0 atom stereocenters. The molecule has 1 aliphatic rings. The van der Waals surface area contributed by atoms with E-state index in [-0.39, 0.29) is 23.9 Å². The average molecular weight is 385 g/mol. The first-order chi connectivity index (χ1) is 13.1. The van der Waals surface area contributed by atoms with Gasteiger partial charge in [-0.05, 0) is 38.5 Å². The predicted octanol–water partition coefficient (Wildman–Crippen LogP) is 2.02. The van der Waals surface area contributed by atoms with Gasteiger partial charge in [-0.2, -0.15) is 0 Å². The van der Waals surface area contributed by atoms with E-state index in [4.69, 9.17) is 10.5 Å². The second-order valence-corrected chi connectivity index (χ2v) is 6.87. The monoisotopic (exact) mass is 385 g/mol. The van der Waals surface area contributed by atoms with Crippen molar-refractivity contribution < 1.29 is 19.2 Å². The number of fused-ring (bicyclic) bond motifs is 1. The molecule has 0 bridgehead atoms. The Morgan fingerprint density at radius 3 is 2.75 bits per heavy atom. The number of nitro groups is 1. The van der Waals surface area contributed by atoms with E-state index in [1.807, 2.05) is 0 Å². The summed E-state index contributed by atoms with van der Waals surface area (Å²) in [4.78, 5) is 41.1. The third-order valence-corrected chi connectivity index (χ3v) is 4.25. The van der Waals surface area contributed by atoms with E-state index >= 15 is 0 Å². The summed E-state index contributed by atoms with van der Waals surface area (Å²) in [7, 11) is 0. The highest BCUT2D eigenvalue weighted by Gasteiger charge is 2.42. The van der Waals surface area contributed by atoms with Gasteiger partial charge in [-0.1, -0.05) is 6.07 Å². The number of carbonyl (C=O) groups excluding carboxylic acids is 2. The molecule has 0 fully saturated rings. The van der Waals surface area contributed by atoms with Crippen molar-refractivity contribution in [3.8, 4) is 5.75 Å². The molecule has 146 valence electrons. The minimum Gasteiger partial charge on any atom is -0.474 e. The summed E-state index contributed by atoms with van der Waals surface area (Å²) in [5.74, 6) is -0.336. The highest BCUT2D eigenvalue weighted by molar-refractivity contribution is 6.07. The van der Waals surface area contributed by atoms with Gasteiger partial charge in [0, 0.05) is 12.1 Å². The third-order valence-electron chi connectivity index (χ3n) is 4.25. The fraction of sp³-hybridized carbons (Fsp3) is 0.278. The summed E-state index contributed by atoms with van der Waals surface area (Å²) in [6, 6.07) is 7.27. The van der Waals surface area contributed by atoms with Crippen LogP contribution in [0, 0.1) is 17.0 Å². The quantitative estimate of drug-likeness (QED) is 0.606. The number of carbonyl (C=O) groups is 2. The largest absolute Gasteiger partial charge is 0.474 e. The average Bonchev–Trinajstić information content (AvgIpc) is 2.61. The van der Waals surface area contributed by atoms with Crippen molar-refractivity contribution in [2.45, 2.75) is 26.4 Å². The summed E-state index contributed by atoms with van der Waals surface area (Å²) in [6.07, 6.45) is 0. The summed E-state index contributed by atoms with van der Waals surface area (Å²) < 4.78 is 5.66. The molecule has 0 saturated heterocycles. The Morgan fingerprint density at radius 2 is 2.07 bits per heavy atom. The van der Waals surface area contributed by atoms with Gasteiger partial charge in [0.2, 0.25) is 5.91 Å². The van der Waals surface area contributed by atoms with Gasteiger partial charge in [0.15, 0.2) is 17.2 Å². The number of nitrogens with two attached hydrogens (primary N) is 1. The summed E-state index contributed by atoms with van der Waals surface area (Å²) >= 11 is 0. The normalized spacial score (nSPS) is 14.8. The van der Waals surface area contributed by atoms with Crippen LogP contribution in [0.3, 0.4) is 0 Å². The molecule has 2 heterocycles. The molecule has 10 nitrogen and oxygen atoms in total. The number of benzene rings is 1. The van der Waals surface area contributed by atoms with E-state index < -0.39 is 22.3 Å². The molecule has 1 aliphatic heterocycles. The van der Waals surface area contributed by atoms with Gasteiger partial charge in [0.05, 0.1) is 10.6 Å². The third kappa shape index (κ3) is 3.56. The Bertz CT molecular complexity index is 988. The van der Waals surface area contributed by atoms with Gasteiger partial charge < -0.3 is 15.8 Å². The molecule has 0 unspecified atom stereocenters. The second-order valence-electron chi connectivity index (χ2n) is 6.87. The van der Waals surface area contributed by atoms with Crippen molar-refractivity contribution in [3.63, 3.8) is 0 Å². The number of hydrogen-bond donors (Lipinski definition) is 2. The molecule has 10 heteroatoms. The Morgan fingerprint density at radius 1 is 1.36 bits per heavy atom. The topological polar surface area (TPSA) is 141 Å². The van der Waals surface area contributed by atoms with Gasteiger partial charge >= 0.3 is 0 Å². The van der Waals surface area contributed by atoms with Crippen molar-refractivity contribution in [2.24, 2.45) is 0 Å². The molecule has 1 aromatic carbocycles. The van der Waals surface area contributed by atoms with Crippen LogP contribution in [-0.2, 0) is 9.59 Å². The fourth-order valence-corrected chi connectivity index (χ4v) is 2.80. The maximum Gasteiger partial charge on any atom is 0.272 e. The van der Waals surface area contributed by atoms with Crippen LogP contribution in [0.1, 0.15) is 19.4 Å². The van der Waals surface area contributed by atoms with Crippen LogP contribution in [-0.4, -0.2) is 33.9 Å². The summed E-state index contributed by atoms with van der Waals surface area (Å²) in [5, 5.41) is 13.6. The van der Waals surface area contributed by atoms with E-state index in [1.165, 1.54) is 29.2 Å². The zero-order chi connectivity index (χ0) is 20.6.